The molecule has 26 heavy (non-hydrogen) atoms. The van der Waals surface area contributed by atoms with Gasteiger partial charge in [-0.2, -0.15) is 0 Å². The van der Waals surface area contributed by atoms with Gasteiger partial charge in [-0.3, -0.25) is 0 Å². The van der Waals surface area contributed by atoms with Crippen molar-refractivity contribution in [2.24, 2.45) is 0 Å². The molecule has 3 nitrogen and oxygen atoms in total. The molecule has 1 heterocycles. The van der Waals surface area contributed by atoms with Gasteiger partial charge in [0.05, 0.1) is 0 Å². The molecule has 3 heteroatoms. The van der Waals surface area contributed by atoms with Crippen molar-refractivity contribution in [3.8, 4) is 11.1 Å². The predicted octanol–water partition coefficient (Wildman–Crippen LogP) is 4.55. The number of nitrogens with zero attached hydrogens (tertiary/aromatic N) is 1. The van der Waals surface area contributed by atoms with Crippen molar-refractivity contribution in [3.05, 3.63) is 41.6 Å². The average Bonchev–Trinajstić information content (AvgIpc) is 2.75. The van der Waals surface area contributed by atoms with Crippen molar-refractivity contribution >= 4 is 12.0 Å². The van der Waals surface area contributed by atoms with E-state index in [0.717, 1.165) is 0 Å². The van der Waals surface area contributed by atoms with Crippen LogP contribution in [0.5, 0.6) is 0 Å². The number of benzene rings is 1. The van der Waals surface area contributed by atoms with E-state index in [1.54, 1.807) is 0 Å². The third kappa shape index (κ3) is 4.78. The molecule has 0 unspecified atom stereocenters. The Hall–Kier alpha value is -2.03. The maximum absolute atomic E-state index is 3.77. The summed E-state index contributed by atoms with van der Waals surface area (Å²) in [6.07, 6.45) is 2.18. The zero-order chi connectivity index (χ0) is 19.7. The Labute approximate surface area is 159 Å². The highest BCUT2D eigenvalue weighted by atomic mass is 15.2. The Balaban J connectivity index is 2.79. The monoisotopic (exact) mass is 354 g/mol. The van der Waals surface area contributed by atoms with Crippen molar-refractivity contribution in [1.82, 2.24) is 4.57 Å². The quantitative estimate of drug-likeness (QED) is 0.775. The normalized spacial score (nSPS) is 13.0. The molecule has 0 spiro atoms. The van der Waals surface area contributed by atoms with Crippen molar-refractivity contribution in [2.45, 2.75) is 79.4 Å². The first-order chi connectivity index (χ1) is 11.9. The Kier molecular flexibility index (Phi) is 5.70. The van der Waals surface area contributed by atoms with Crippen LogP contribution in [0.15, 0.2) is 30.3 Å². The van der Waals surface area contributed by atoms with E-state index in [1.165, 1.54) is 28.2 Å². The first kappa shape index (κ1) is 20.3. The average molecular weight is 355 g/mol. The SMILES string of the molecule is Cc1c(-c2ccccc2)c(NC(C)(C)C)n(C(C)C)c1C=[NH+]C(C)(C)C. The molecule has 0 radical (unpaired) electrons. The molecule has 0 fully saturated rings. The van der Waals surface area contributed by atoms with Crippen LogP contribution in [0.2, 0.25) is 0 Å². The first-order valence-corrected chi connectivity index (χ1v) is 9.60. The number of hydrogen-bond donors (Lipinski definition) is 2. The molecule has 142 valence electrons. The predicted molar refractivity (Wildman–Crippen MR) is 114 cm³/mol. The fourth-order valence-corrected chi connectivity index (χ4v) is 3.16. The maximum Gasteiger partial charge on any atom is 0.186 e. The summed E-state index contributed by atoms with van der Waals surface area (Å²) in [5, 5.41) is 3.77. The third-order valence-corrected chi connectivity index (χ3v) is 4.21. The molecule has 0 saturated heterocycles. The lowest BCUT2D eigenvalue weighted by Crippen LogP contribution is -2.81. The number of rotatable bonds is 4. The van der Waals surface area contributed by atoms with Crippen molar-refractivity contribution in [1.29, 1.82) is 0 Å². The van der Waals surface area contributed by atoms with Crippen LogP contribution in [-0.2, 0) is 0 Å². The zero-order valence-corrected chi connectivity index (χ0v) is 18.0. The molecule has 0 aliphatic heterocycles. The highest BCUT2D eigenvalue weighted by Crippen LogP contribution is 2.38. The zero-order valence-electron chi connectivity index (χ0n) is 18.0. The van der Waals surface area contributed by atoms with E-state index >= 15 is 0 Å². The molecule has 1 aromatic heterocycles. The molecule has 0 aliphatic rings. The van der Waals surface area contributed by atoms with Gasteiger partial charge in [0, 0.05) is 17.1 Å². The molecule has 0 bridgehead atoms. The number of nitrogens with one attached hydrogen (secondary N) is 2. The van der Waals surface area contributed by atoms with Crippen LogP contribution in [0.25, 0.3) is 11.1 Å². The minimum atomic E-state index is -0.0182. The summed E-state index contributed by atoms with van der Waals surface area (Å²) >= 11 is 0. The second kappa shape index (κ2) is 7.30. The molecule has 2 aromatic rings. The fourth-order valence-electron chi connectivity index (χ4n) is 3.16. The summed E-state index contributed by atoms with van der Waals surface area (Å²) in [5.74, 6) is 1.19. The van der Waals surface area contributed by atoms with E-state index in [4.69, 9.17) is 0 Å². The fraction of sp³-hybridized carbons (Fsp3) is 0.522. The number of hydrogen-bond acceptors (Lipinski definition) is 1. The Bertz CT molecular complexity index is 767. The molecular formula is C23H36N3+. The van der Waals surface area contributed by atoms with Crippen LogP contribution in [0, 0.1) is 6.92 Å². The molecule has 2 rings (SSSR count). The van der Waals surface area contributed by atoms with Crippen molar-refractivity contribution in [2.75, 3.05) is 5.32 Å². The molecular weight excluding hydrogens is 318 g/mol. The van der Waals surface area contributed by atoms with Crippen molar-refractivity contribution < 1.29 is 4.99 Å². The Morgan fingerprint density at radius 3 is 2.04 bits per heavy atom. The van der Waals surface area contributed by atoms with E-state index in [9.17, 15) is 0 Å². The molecule has 0 amide bonds. The van der Waals surface area contributed by atoms with Crippen LogP contribution in [-0.4, -0.2) is 21.9 Å². The summed E-state index contributed by atoms with van der Waals surface area (Å²) in [6.45, 7) is 19.9. The number of aromatic nitrogens is 1. The van der Waals surface area contributed by atoms with E-state index in [-0.39, 0.29) is 11.1 Å². The second-order valence-electron chi connectivity index (χ2n) is 9.48. The van der Waals surface area contributed by atoms with Gasteiger partial charge in [0.15, 0.2) is 11.8 Å². The summed E-state index contributed by atoms with van der Waals surface area (Å²) in [7, 11) is 0. The van der Waals surface area contributed by atoms with Gasteiger partial charge in [-0.25, -0.2) is 4.99 Å². The second-order valence-corrected chi connectivity index (χ2v) is 9.48. The number of anilines is 1. The molecule has 0 aliphatic carbocycles. The van der Waals surface area contributed by atoms with Gasteiger partial charge in [0.1, 0.15) is 11.5 Å². The summed E-state index contributed by atoms with van der Waals surface area (Å²) in [6, 6.07) is 11.0. The van der Waals surface area contributed by atoms with Crippen LogP contribution >= 0.6 is 0 Å². The van der Waals surface area contributed by atoms with Gasteiger partial charge in [-0.05, 0) is 73.4 Å². The summed E-state index contributed by atoms with van der Waals surface area (Å²) < 4.78 is 2.42. The topological polar surface area (TPSA) is 30.9 Å². The van der Waals surface area contributed by atoms with Gasteiger partial charge >= 0.3 is 0 Å². The molecule has 1 aromatic carbocycles. The highest BCUT2D eigenvalue weighted by Gasteiger charge is 2.26. The lowest BCUT2D eigenvalue weighted by Gasteiger charge is -2.26. The lowest BCUT2D eigenvalue weighted by atomic mass is 10.0. The maximum atomic E-state index is 3.77. The minimum Gasteiger partial charge on any atom is -0.366 e. The van der Waals surface area contributed by atoms with E-state index < -0.39 is 0 Å². The standard InChI is InChI=1S/C23H35N3/c1-16(2)26-19(15-24-22(4,5)6)17(3)20(18-13-11-10-12-14-18)21(26)25-23(7,8)9/h10-16,25H,1-9H3/p+1. The van der Waals surface area contributed by atoms with Crippen LogP contribution < -0.4 is 10.3 Å². The lowest BCUT2D eigenvalue weighted by molar-refractivity contribution is -0.533. The third-order valence-electron chi connectivity index (χ3n) is 4.21. The Morgan fingerprint density at radius 2 is 1.58 bits per heavy atom. The van der Waals surface area contributed by atoms with Gasteiger partial charge < -0.3 is 9.88 Å². The minimum absolute atomic E-state index is 0.0182. The summed E-state index contributed by atoms with van der Waals surface area (Å²) in [4.78, 5) is 3.56. The summed E-state index contributed by atoms with van der Waals surface area (Å²) in [5.41, 5.74) is 5.09. The van der Waals surface area contributed by atoms with Crippen LogP contribution in [0.1, 0.15) is 72.7 Å². The van der Waals surface area contributed by atoms with Gasteiger partial charge in [0.2, 0.25) is 0 Å². The van der Waals surface area contributed by atoms with Crippen LogP contribution in [0.3, 0.4) is 0 Å². The smallest absolute Gasteiger partial charge is 0.186 e. The van der Waals surface area contributed by atoms with Gasteiger partial charge in [-0.1, -0.05) is 30.3 Å². The van der Waals surface area contributed by atoms with Crippen LogP contribution in [0.4, 0.5) is 5.82 Å². The van der Waals surface area contributed by atoms with E-state index in [1.807, 2.05) is 0 Å². The van der Waals surface area contributed by atoms with E-state index in [2.05, 4.69) is 114 Å². The Morgan fingerprint density at radius 1 is 1.00 bits per heavy atom. The van der Waals surface area contributed by atoms with Gasteiger partial charge in [-0.15, -0.1) is 0 Å². The highest BCUT2D eigenvalue weighted by molar-refractivity contribution is 5.89. The van der Waals surface area contributed by atoms with Crippen molar-refractivity contribution in [3.63, 3.8) is 0 Å². The first-order valence-electron chi connectivity index (χ1n) is 9.60. The van der Waals surface area contributed by atoms with Gasteiger partial charge in [0.25, 0.3) is 0 Å². The van der Waals surface area contributed by atoms with E-state index in [0.29, 0.717) is 6.04 Å². The molecule has 0 saturated carbocycles. The molecule has 2 N–H and O–H groups in total. The largest absolute Gasteiger partial charge is 0.366 e. The molecule has 0 atom stereocenters.